The Morgan fingerprint density at radius 3 is 2.47 bits per heavy atom. The second-order valence-corrected chi connectivity index (χ2v) is 5.77. The average molecular weight is 275 g/mol. The molecular formula is C13H22FNO4. The highest BCUT2D eigenvalue weighted by Gasteiger charge is 2.34. The first-order chi connectivity index (χ1) is 8.73. The van der Waals surface area contributed by atoms with Gasteiger partial charge < -0.3 is 14.4 Å². The molecule has 0 saturated carbocycles. The van der Waals surface area contributed by atoms with Gasteiger partial charge >= 0.3 is 12.1 Å². The third-order valence-corrected chi connectivity index (χ3v) is 2.98. The number of piperidine rings is 1. The second kappa shape index (κ2) is 6.21. The molecule has 0 radical (unpaired) electrons. The molecule has 1 aliphatic heterocycles. The number of hydrogen-bond acceptors (Lipinski definition) is 4. The Labute approximate surface area is 113 Å². The van der Waals surface area contributed by atoms with Crippen molar-refractivity contribution in [1.82, 2.24) is 4.90 Å². The average Bonchev–Trinajstić information content (AvgIpc) is 2.29. The fraction of sp³-hybridized carbons (Fsp3) is 0.846. The maximum atomic E-state index is 13.9. The van der Waals surface area contributed by atoms with Crippen molar-refractivity contribution in [3.05, 3.63) is 0 Å². The van der Waals surface area contributed by atoms with Crippen LogP contribution in [0.1, 0.15) is 33.6 Å². The normalized spacial score (nSPS) is 23.9. The lowest BCUT2D eigenvalue weighted by atomic mass is 9.92. The van der Waals surface area contributed by atoms with Gasteiger partial charge in [0.05, 0.1) is 20.1 Å². The van der Waals surface area contributed by atoms with Gasteiger partial charge in [-0.1, -0.05) is 0 Å². The molecule has 0 aromatic heterocycles. The summed E-state index contributed by atoms with van der Waals surface area (Å²) in [6.45, 7) is 5.67. The summed E-state index contributed by atoms with van der Waals surface area (Å²) in [5.74, 6) is -0.801. The van der Waals surface area contributed by atoms with Gasteiger partial charge in [0.15, 0.2) is 0 Å². The molecule has 5 nitrogen and oxygen atoms in total. The molecule has 1 fully saturated rings. The van der Waals surface area contributed by atoms with Crippen molar-refractivity contribution in [2.24, 2.45) is 5.92 Å². The van der Waals surface area contributed by atoms with Gasteiger partial charge in [0, 0.05) is 12.5 Å². The first kappa shape index (κ1) is 15.7. The van der Waals surface area contributed by atoms with Crippen molar-refractivity contribution in [3.8, 4) is 0 Å². The molecule has 0 aromatic rings. The molecule has 1 amide bonds. The van der Waals surface area contributed by atoms with Gasteiger partial charge in [0.1, 0.15) is 11.8 Å². The number of carbonyl (C=O) groups is 2. The molecule has 0 aromatic carbocycles. The predicted octanol–water partition coefficient (Wildman–Crippen LogP) is 2.14. The van der Waals surface area contributed by atoms with Crippen LogP contribution in [0.3, 0.4) is 0 Å². The first-order valence-corrected chi connectivity index (χ1v) is 6.41. The molecule has 1 heterocycles. The maximum absolute atomic E-state index is 13.9. The van der Waals surface area contributed by atoms with Crippen LogP contribution in [-0.4, -0.2) is 48.9 Å². The Morgan fingerprint density at radius 2 is 2.00 bits per heavy atom. The summed E-state index contributed by atoms with van der Waals surface area (Å²) < 4.78 is 23.7. The second-order valence-electron chi connectivity index (χ2n) is 5.77. The van der Waals surface area contributed by atoms with Gasteiger partial charge in [0.25, 0.3) is 0 Å². The van der Waals surface area contributed by atoms with Crippen LogP contribution >= 0.6 is 0 Å². The smallest absolute Gasteiger partial charge is 0.410 e. The Kier molecular flexibility index (Phi) is 5.14. The summed E-state index contributed by atoms with van der Waals surface area (Å²) in [5, 5.41) is 0. The van der Waals surface area contributed by atoms with Crippen LogP contribution < -0.4 is 0 Å². The molecule has 2 atom stereocenters. The largest absolute Gasteiger partial charge is 0.469 e. The van der Waals surface area contributed by atoms with Gasteiger partial charge in [-0.25, -0.2) is 9.18 Å². The number of hydrogen-bond donors (Lipinski definition) is 0. The Morgan fingerprint density at radius 1 is 1.37 bits per heavy atom. The lowest BCUT2D eigenvalue weighted by molar-refractivity contribution is -0.142. The molecular weight excluding hydrogens is 253 g/mol. The molecule has 110 valence electrons. The van der Waals surface area contributed by atoms with Crippen LogP contribution in [0.4, 0.5) is 9.18 Å². The highest BCUT2D eigenvalue weighted by molar-refractivity contribution is 5.70. The van der Waals surface area contributed by atoms with Crippen molar-refractivity contribution in [2.75, 3.05) is 20.2 Å². The van der Waals surface area contributed by atoms with Crippen molar-refractivity contribution in [2.45, 2.75) is 45.4 Å². The van der Waals surface area contributed by atoms with E-state index in [1.54, 1.807) is 20.8 Å². The van der Waals surface area contributed by atoms with E-state index >= 15 is 0 Å². The maximum Gasteiger partial charge on any atom is 0.410 e. The molecule has 6 heteroatoms. The van der Waals surface area contributed by atoms with E-state index in [0.29, 0.717) is 13.0 Å². The molecule has 0 aliphatic carbocycles. The van der Waals surface area contributed by atoms with E-state index in [1.165, 1.54) is 12.0 Å². The molecule has 0 N–H and O–H groups in total. The summed E-state index contributed by atoms with van der Waals surface area (Å²) in [6, 6.07) is 0. The van der Waals surface area contributed by atoms with Crippen molar-refractivity contribution in [3.63, 3.8) is 0 Å². The third-order valence-electron chi connectivity index (χ3n) is 2.98. The number of likely N-dealkylation sites (tertiary alicyclic amines) is 1. The van der Waals surface area contributed by atoms with E-state index in [-0.39, 0.29) is 18.9 Å². The van der Waals surface area contributed by atoms with Gasteiger partial charge in [-0.05, 0) is 27.2 Å². The molecule has 1 saturated heterocycles. The lowest BCUT2D eigenvalue weighted by Crippen LogP contribution is -2.47. The fourth-order valence-corrected chi connectivity index (χ4v) is 1.97. The van der Waals surface area contributed by atoms with Crippen molar-refractivity contribution in [1.29, 1.82) is 0 Å². The lowest BCUT2D eigenvalue weighted by Gasteiger charge is -2.35. The number of rotatable bonds is 2. The van der Waals surface area contributed by atoms with Crippen molar-refractivity contribution < 1.29 is 23.5 Å². The molecule has 1 rings (SSSR count). The number of halogens is 1. The monoisotopic (exact) mass is 275 g/mol. The number of esters is 1. The Balaban J connectivity index is 2.49. The number of alkyl halides is 1. The predicted molar refractivity (Wildman–Crippen MR) is 67.4 cm³/mol. The quantitative estimate of drug-likeness (QED) is 0.725. The number of amides is 1. The molecule has 19 heavy (non-hydrogen) atoms. The van der Waals surface area contributed by atoms with E-state index in [4.69, 9.17) is 4.74 Å². The van der Waals surface area contributed by atoms with Crippen LogP contribution in [0.15, 0.2) is 0 Å². The van der Waals surface area contributed by atoms with Crippen LogP contribution in [0.2, 0.25) is 0 Å². The topological polar surface area (TPSA) is 55.8 Å². The minimum absolute atomic E-state index is 0.0312. The van der Waals surface area contributed by atoms with Gasteiger partial charge in [0.2, 0.25) is 0 Å². The summed E-state index contributed by atoms with van der Waals surface area (Å²) in [7, 11) is 1.28. The first-order valence-electron chi connectivity index (χ1n) is 6.41. The van der Waals surface area contributed by atoms with Gasteiger partial charge in [-0.15, -0.1) is 0 Å². The van der Waals surface area contributed by atoms with Gasteiger partial charge in [-0.3, -0.25) is 4.79 Å². The van der Waals surface area contributed by atoms with E-state index in [9.17, 15) is 14.0 Å². The minimum Gasteiger partial charge on any atom is -0.469 e. The molecule has 1 aliphatic rings. The highest BCUT2D eigenvalue weighted by Crippen LogP contribution is 2.25. The molecule has 2 unspecified atom stereocenters. The molecule has 0 bridgehead atoms. The zero-order valence-corrected chi connectivity index (χ0v) is 11.9. The fourth-order valence-electron chi connectivity index (χ4n) is 1.97. The van der Waals surface area contributed by atoms with E-state index in [0.717, 1.165) is 0 Å². The van der Waals surface area contributed by atoms with Crippen molar-refractivity contribution >= 4 is 12.1 Å². The number of methoxy groups -OCH3 is 1. The number of nitrogens with zero attached hydrogens (tertiary/aromatic N) is 1. The van der Waals surface area contributed by atoms with E-state index in [1.807, 2.05) is 0 Å². The zero-order chi connectivity index (χ0) is 14.6. The van der Waals surface area contributed by atoms with Crippen LogP contribution in [0.25, 0.3) is 0 Å². The summed E-state index contributed by atoms with van der Waals surface area (Å²) in [4.78, 5) is 24.3. The van der Waals surface area contributed by atoms with Crippen LogP contribution in [0.5, 0.6) is 0 Å². The standard InChI is InChI=1S/C13H22FNO4/c1-13(2,3)19-12(17)15-6-5-9(10(14)8-15)7-11(16)18-4/h9-10H,5-8H2,1-4H3. The highest BCUT2D eigenvalue weighted by atomic mass is 19.1. The SMILES string of the molecule is COC(=O)CC1CCN(C(=O)OC(C)(C)C)CC1F. The van der Waals surface area contributed by atoms with E-state index in [2.05, 4.69) is 4.74 Å². The molecule has 0 spiro atoms. The van der Waals surface area contributed by atoms with E-state index < -0.39 is 23.8 Å². The Hall–Kier alpha value is -1.33. The summed E-state index contributed by atoms with van der Waals surface area (Å²) >= 11 is 0. The van der Waals surface area contributed by atoms with Crippen LogP contribution in [0, 0.1) is 5.92 Å². The summed E-state index contributed by atoms with van der Waals surface area (Å²) in [6.07, 6.45) is -1.23. The zero-order valence-electron chi connectivity index (χ0n) is 11.9. The number of ether oxygens (including phenoxy) is 2. The third kappa shape index (κ3) is 5.04. The van der Waals surface area contributed by atoms with Gasteiger partial charge in [-0.2, -0.15) is 0 Å². The summed E-state index contributed by atoms with van der Waals surface area (Å²) in [5.41, 5.74) is -0.592. The minimum atomic E-state index is -1.22. The number of carbonyl (C=O) groups excluding carboxylic acids is 2. The Bertz CT molecular complexity index is 340. The van der Waals surface area contributed by atoms with Crippen LogP contribution in [-0.2, 0) is 14.3 Å².